The van der Waals surface area contributed by atoms with Crippen LogP contribution in [0.1, 0.15) is 21.7 Å². The Balaban J connectivity index is 1.58. The third-order valence-corrected chi connectivity index (χ3v) is 7.15. The Kier molecular flexibility index (Phi) is 6.09. The third kappa shape index (κ3) is 4.69. The fourth-order valence-electron chi connectivity index (χ4n) is 3.64. The summed E-state index contributed by atoms with van der Waals surface area (Å²) in [6, 6.07) is 15.9. The number of carbonyl (C=O) groups excluding carboxylic acids is 1. The number of nitrogens with zero attached hydrogens (tertiary/aromatic N) is 2. The Labute approximate surface area is 196 Å². The van der Waals surface area contributed by atoms with Gasteiger partial charge in [0.25, 0.3) is 5.91 Å². The zero-order valence-corrected chi connectivity index (χ0v) is 20.3. The minimum Gasteiger partial charge on any atom is -0.497 e. The van der Waals surface area contributed by atoms with Crippen LogP contribution in [0.4, 0.5) is 5.13 Å². The van der Waals surface area contributed by atoms with E-state index in [1.807, 2.05) is 43.5 Å². The van der Waals surface area contributed by atoms with Gasteiger partial charge in [-0.2, -0.15) is 0 Å². The second-order valence-electron chi connectivity index (χ2n) is 7.61. The first-order chi connectivity index (χ1) is 15.7. The average Bonchev–Trinajstić information content (AvgIpc) is 3.37. The molecule has 1 amide bonds. The number of aromatic nitrogens is 2. The minimum absolute atomic E-state index is 0.0981. The topological polar surface area (TPSA) is 90.3 Å². The van der Waals surface area contributed by atoms with Crippen molar-refractivity contribution in [1.82, 2.24) is 9.55 Å². The van der Waals surface area contributed by atoms with Crippen molar-refractivity contribution in [3.8, 4) is 22.7 Å². The molecule has 33 heavy (non-hydrogen) atoms. The number of carbonyl (C=O) groups is 1. The number of methoxy groups -OCH3 is 1. The van der Waals surface area contributed by atoms with Gasteiger partial charge in [0.1, 0.15) is 5.75 Å². The molecule has 2 aromatic carbocycles. The van der Waals surface area contributed by atoms with Gasteiger partial charge < -0.3 is 9.30 Å². The van der Waals surface area contributed by atoms with Crippen LogP contribution in [0.15, 0.2) is 64.9 Å². The van der Waals surface area contributed by atoms with Crippen LogP contribution in [0.3, 0.4) is 0 Å². The lowest BCUT2D eigenvalue weighted by Gasteiger charge is -2.10. The second kappa shape index (κ2) is 8.84. The molecule has 1 N–H and O–H groups in total. The number of amides is 1. The van der Waals surface area contributed by atoms with E-state index in [1.165, 1.54) is 23.5 Å². The van der Waals surface area contributed by atoms with Crippen molar-refractivity contribution in [1.29, 1.82) is 0 Å². The van der Waals surface area contributed by atoms with Gasteiger partial charge in [-0.05, 0) is 62.4 Å². The standard InChI is InChI=1S/C24H23N3O4S2/c1-15-12-21(16(2)27(15)18-8-10-19(31-3)11-9-18)22-14-32-24(25-22)26-23(28)17-6-5-7-20(13-17)33(4,29)30/h5-14H,1-4H3,(H,25,26,28). The summed E-state index contributed by atoms with van der Waals surface area (Å²) < 4.78 is 30.9. The van der Waals surface area contributed by atoms with Gasteiger partial charge in [-0.15, -0.1) is 11.3 Å². The molecule has 2 aromatic heterocycles. The number of hydrogen-bond donors (Lipinski definition) is 1. The molecule has 0 fully saturated rings. The highest BCUT2D eigenvalue weighted by molar-refractivity contribution is 7.90. The van der Waals surface area contributed by atoms with Gasteiger partial charge >= 0.3 is 0 Å². The summed E-state index contributed by atoms with van der Waals surface area (Å²) in [5.74, 6) is 0.383. The number of anilines is 1. The largest absolute Gasteiger partial charge is 0.497 e. The highest BCUT2D eigenvalue weighted by Crippen LogP contribution is 2.32. The molecule has 4 rings (SSSR count). The van der Waals surface area contributed by atoms with Gasteiger partial charge in [-0.3, -0.25) is 10.1 Å². The average molecular weight is 482 g/mol. The maximum absolute atomic E-state index is 12.6. The number of benzene rings is 2. The van der Waals surface area contributed by atoms with E-state index in [-0.39, 0.29) is 10.5 Å². The number of sulfone groups is 1. The molecule has 0 saturated heterocycles. The van der Waals surface area contributed by atoms with Crippen molar-refractivity contribution in [3.05, 3.63) is 76.9 Å². The van der Waals surface area contributed by atoms with Crippen molar-refractivity contribution in [2.45, 2.75) is 18.7 Å². The van der Waals surface area contributed by atoms with E-state index >= 15 is 0 Å². The van der Waals surface area contributed by atoms with Crippen LogP contribution in [0.2, 0.25) is 0 Å². The summed E-state index contributed by atoms with van der Waals surface area (Å²) in [5, 5.41) is 5.10. The summed E-state index contributed by atoms with van der Waals surface area (Å²) in [6.07, 6.45) is 1.11. The highest BCUT2D eigenvalue weighted by Gasteiger charge is 2.17. The Morgan fingerprint density at radius 3 is 2.48 bits per heavy atom. The zero-order chi connectivity index (χ0) is 23.8. The lowest BCUT2D eigenvalue weighted by Crippen LogP contribution is -2.12. The number of nitrogens with one attached hydrogen (secondary N) is 1. The zero-order valence-electron chi connectivity index (χ0n) is 18.6. The Morgan fingerprint density at radius 2 is 1.82 bits per heavy atom. The molecule has 4 aromatic rings. The van der Waals surface area contributed by atoms with Crippen LogP contribution in [0.5, 0.6) is 5.75 Å². The molecule has 0 aliphatic rings. The summed E-state index contributed by atoms with van der Waals surface area (Å²) in [4.78, 5) is 17.3. The number of aryl methyl sites for hydroxylation is 1. The smallest absolute Gasteiger partial charge is 0.257 e. The molecule has 7 nitrogen and oxygen atoms in total. The van der Waals surface area contributed by atoms with E-state index < -0.39 is 15.7 Å². The second-order valence-corrected chi connectivity index (χ2v) is 10.5. The third-order valence-electron chi connectivity index (χ3n) is 5.29. The van der Waals surface area contributed by atoms with Gasteiger partial charge in [0.2, 0.25) is 0 Å². The molecular weight excluding hydrogens is 458 g/mol. The first kappa shape index (κ1) is 22.8. The number of thiazole rings is 1. The number of rotatable bonds is 6. The Bertz CT molecular complexity index is 1430. The molecule has 0 spiro atoms. The van der Waals surface area contributed by atoms with E-state index in [4.69, 9.17) is 4.74 Å². The normalized spacial score (nSPS) is 11.4. The van der Waals surface area contributed by atoms with Gasteiger partial charge in [0.05, 0.1) is 17.7 Å². The molecular formula is C24H23N3O4S2. The lowest BCUT2D eigenvalue weighted by molar-refractivity contribution is 0.102. The van der Waals surface area contributed by atoms with E-state index in [9.17, 15) is 13.2 Å². The van der Waals surface area contributed by atoms with Crippen LogP contribution in [-0.4, -0.2) is 37.2 Å². The van der Waals surface area contributed by atoms with E-state index in [0.717, 1.165) is 40.3 Å². The van der Waals surface area contributed by atoms with E-state index in [0.29, 0.717) is 5.13 Å². The Hall–Kier alpha value is -3.43. The van der Waals surface area contributed by atoms with Gasteiger partial charge in [0.15, 0.2) is 15.0 Å². The fraction of sp³-hybridized carbons (Fsp3) is 0.167. The van der Waals surface area contributed by atoms with Crippen molar-refractivity contribution in [2.75, 3.05) is 18.7 Å². The molecule has 9 heteroatoms. The van der Waals surface area contributed by atoms with Crippen LogP contribution in [0, 0.1) is 13.8 Å². The summed E-state index contributed by atoms with van der Waals surface area (Å²) >= 11 is 1.31. The molecule has 0 unspecified atom stereocenters. The monoisotopic (exact) mass is 481 g/mol. The molecule has 170 valence electrons. The number of ether oxygens (including phenoxy) is 1. The van der Waals surface area contributed by atoms with Crippen LogP contribution in [-0.2, 0) is 9.84 Å². The highest BCUT2D eigenvalue weighted by atomic mass is 32.2. The van der Waals surface area contributed by atoms with Crippen molar-refractivity contribution in [3.63, 3.8) is 0 Å². The van der Waals surface area contributed by atoms with Gasteiger partial charge in [-0.25, -0.2) is 13.4 Å². The van der Waals surface area contributed by atoms with Crippen molar-refractivity contribution in [2.24, 2.45) is 0 Å². The summed E-state index contributed by atoms with van der Waals surface area (Å²) in [6.45, 7) is 4.06. The van der Waals surface area contributed by atoms with Crippen molar-refractivity contribution >= 4 is 32.2 Å². The molecule has 0 saturated carbocycles. The Morgan fingerprint density at radius 1 is 1.09 bits per heavy atom. The molecule has 2 heterocycles. The SMILES string of the molecule is COc1ccc(-n2c(C)cc(-c3csc(NC(=O)c4cccc(S(C)(=O)=O)c4)n3)c2C)cc1. The maximum Gasteiger partial charge on any atom is 0.257 e. The predicted molar refractivity (Wildman–Crippen MR) is 130 cm³/mol. The lowest BCUT2D eigenvalue weighted by atomic mass is 10.2. The molecule has 0 bridgehead atoms. The van der Waals surface area contributed by atoms with Gasteiger partial charge in [0, 0.05) is 39.8 Å². The summed E-state index contributed by atoms with van der Waals surface area (Å²) in [5.41, 5.74) is 5.09. The quantitative estimate of drug-likeness (QED) is 0.424. The number of hydrogen-bond acceptors (Lipinski definition) is 6. The van der Waals surface area contributed by atoms with E-state index in [2.05, 4.69) is 20.9 Å². The molecule has 0 aliphatic heterocycles. The van der Waals surface area contributed by atoms with E-state index in [1.54, 1.807) is 19.2 Å². The maximum atomic E-state index is 12.6. The molecule has 0 radical (unpaired) electrons. The first-order valence-corrected chi connectivity index (χ1v) is 12.8. The minimum atomic E-state index is -3.40. The summed E-state index contributed by atoms with van der Waals surface area (Å²) in [7, 11) is -1.76. The van der Waals surface area contributed by atoms with Crippen LogP contribution >= 0.6 is 11.3 Å². The fourth-order valence-corrected chi connectivity index (χ4v) is 5.02. The molecule has 0 atom stereocenters. The van der Waals surface area contributed by atoms with Crippen LogP contribution < -0.4 is 10.1 Å². The predicted octanol–water partition coefficient (Wildman–Crippen LogP) is 4.88. The van der Waals surface area contributed by atoms with Gasteiger partial charge in [-0.1, -0.05) is 6.07 Å². The first-order valence-electron chi connectivity index (χ1n) is 10.1. The van der Waals surface area contributed by atoms with Crippen LogP contribution in [0.25, 0.3) is 16.9 Å². The van der Waals surface area contributed by atoms with Crippen molar-refractivity contribution < 1.29 is 17.9 Å². The molecule has 0 aliphatic carbocycles.